The summed E-state index contributed by atoms with van der Waals surface area (Å²) in [5, 5.41) is 0. The zero-order valence-corrected chi connectivity index (χ0v) is 11.7. The lowest BCUT2D eigenvalue weighted by molar-refractivity contribution is 0.0781. The van der Waals surface area contributed by atoms with Crippen molar-refractivity contribution in [2.75, 3.05) is 40.8 Å². The first-order valence-corrected chi connectivity index (χ1v) is 6.72. The Hall–Kier alpha value is -1.55. The van der Waals surface area contributed by atoms with Crippen molar-refractivity contribution in [1.29, 1.82) is 0 Å². The van der Waals surface area contributed by atoms with Gasteiger partial charge in [0.2, 0.25) is 0 Å². The summed E-state index contributed by atoms with van der Waals surface area (Å²) in [5.74, 6) is 1.87. The Labute approximate surface area is 113 Å². The Bertz CT molecular complexity index is 515. The first-order valence-electron chi connectivity index (χ1n) is 6.72. The molecule has 0 bridgehead atoms. The molecule has 0 unspecified atom stereocenters. The van der Waals surface area contributed by atoms with Crippen LogP contribution in [-0.4, -0.2) is 56.5 Å². The molecule has 102 valence electrons. The Morgan fingerprint density at radius 3 is 2.74 bits per heavy atom. The van der Waals surface area contributed by atoms with Crippen LogP contribution in [0.2, 0.25) is 0 Å². The number of carbonyl (C=O) groups excluding carboxylic acids is 1. The second kappa shape index (κ2) is 4.53. The number of likely N-dealkylation sites (tertiary alicyclic amines) is 1. The maximum Gasteiger partial charge on any atom is 0.254 e. The lowest BCUT2D eigenvalue weighted by Crippen LogP contribution is -2.31. The average Bonchev–Trinajstić information content (AvgIpc) is 2.73. The highest BCUT2D eigenvalue weighted by Crippen LogP contribution is 2.38. The topological polar surface area (TPSA) is 32.8 Å². The molecule has 2 atom stereocenters. The van der Waals surface area contributed by atoms with E-state index in [1.807, 2.05) is 24.1 Å². The van der Waals surface area contributed by atoms with Gasteiger partial charge in [-0.1, -0.05) is 6.07 Å². The molecule has 0 radical (unpaired) electrons. The number of nitrogens with zero attached hydrogens (tertiary/aromatic N) is 2. The quantitative estimate of drug-likeness (QED) is 0.765. The minimum absolute atomic E-state index is 0.117. The van der Waals surface area contributed by atoms with E-state index in [-0.39, 0.29) is 5.91 Å². The normalized spacial score (nSPS) is 26.9. The second-order valence-corrected chi connectivity index (χ2v) is 5.73. The fraction of sp³-hybridized carbons (Fsp3) is 0.533. The van der Waals surface area contributed by atoms with Gasteiger partial charge in [0.15, 0.2) is 0 Å². The predicted octanol–water partition coefficient (Wildman–Crippen LogP) is 1.43. The van der Waals surface area contributed by atoms with Gasteiger partial charge < -0.3 is 14.5 Å². The molecule has 0 spiro atoms. The van der Waals surface area contributed by atoms with Gasteiger partial charge >= 0.3 is 0 Å². The molecule has 1 saturated heterocycles. The van der Waals surface area contributed by atoms with Crippen molar-refractivity contribution in [1.82, 2.24) is 9.80 Å². The zero-order chi connectivity index (χ0) is 13.6. The van der Waals surface area contributed by atoms with Crippen molar-refractivity contribution in [2.45, 2.75) is 5.92 Å². The first-order chi connectivity index (χ1) is 9.10. The minimum Gasteiger partial charge on any atom is -0.497 e. The molecule has 1 fully saturated rings. The van der Waals surface area contributed by atoms with Crippen LogP contribution in [0.4, 0.5) is 0 Å². The fourth-order valence-corrected chi connectivity index (χ4v) is 3.44. The van der Waals surface area contributed by atoms with Crippen LogP contribution in [0.3, 0.4) is 0 Å². The number of fused-ring (bicyclic) bond motifs is 3. The highest BCUT2D eigenvalue weighted by atomic mass is 16.5. The van der Waals surface area contributed by atoms with E-state index in [0.717, 1.165) is 30.9 Å². The number of amides is 1. The van der Waals surface area contributed by atoms with Crippen molar-refractivity contribution in [3.8, 4) is 5.75 Å². The van der Waals surface area contributed by atoms with Gasteiger partial charge in [-0.15, -0.1) is 0 Å². The molecule has 19 heavy (non-hydrogen) atoms. The van der Waals surface area contributed by atoms with Gasteiger partial charge in [0, 0.05) is 38.2 Å². The SMILES string of the molecule is COc1ccc2c(c1)C(=O)N(C)C[C@H]1CN(C)C[C@H]21. The predicted molar refractivity (Wildman–Crippen MR) is 73.7 cm³/mol. The molecule has 2 aliphatic heterocycles. The van der Waals surface area contributed by atoms with Crippen molar-refractivity contribution in [3.05, 3.63) is 29.3 Å². The summed E-state index contributed by atoms with van der Waals surface area (Å²) < 4.78 is 5.26. The van der Waals surface area contributed by atoms with Gasteiger partial charge in [-0.05, 0) is 30.7 Å². The monoisotopic (exact) mass is 260 g/mol. The minimum atomic E-state index is 0.117. The molecular formula is C15H20N2O2. The third-order valence-electron chi connectivity index (χ3n) is 4.37. The van der Waals surface area contributed by atoms with E-state index < -0.39 is 0 Å². The van der Waals surface area contributed by atoms with Gasteiger partial charge in [-0.2, -0.15) is 0 Å². The van der Waals surface area contributed by atoms with Crippen LogP contribution in [0.1, 0.15) is 21.8 Å². The zero-order valence-electron chi connectivity index (χ0n) is 11.7. The number of methoxy groups -OCH3 is 1. The number of benzene rings is 1. The molecule has 0 aromatic heterocycles. The summed E-state index contributed by atoms with van der Waals surface area (Å²) in [6, 6.07) is 5.92. The Balaban J connectivity index is 2.10. The molecule has 1 aromatic rings. The van der Waals surface area contributed by atoms with Crippen LogP contribution in [0.15, 0.2) is 18.2 Å². The van der Waals surface area contributed by atoms with E-state index in [1.54, 1.807) is 7.11 Å². The maximum absolute atomic E-state index is 12.5. The average molecular weight is 260 g/mol. The van der Waals surface area contributed by atoms with Crippen LogP contribution < -0.4 is 4.74 Å². The van der Waals surface area contributed by atoms with Crippen molar-refractivity contribution in [2.24, 2.45) is 5.92 Å². The highest BCUT2D eigenvalue weighted by Gasteiger charge is 2.38. The number of ether oxygens (including phenoxy) is 1. The lowest BCUT2D eigenvalue weighted by atomic mass is 9.87. The van der Waals surface area contributed by atoms with Gasteiger partial charge in [0.1, 0.15) is 5.75 Å². The van der Waals surface area contributed by atoms with E-state index in [9.17, 15) is 4.79 Å². The fourth-order valence-electron chi connectivity index (χ4n) is 3.44. The van der Waals surface area contributed by atoms with Crippen LogP contribution in [0.25, 0.3) is 0 Å². The van der Waals surface area contributed by atoms with E-state index >= 15 is 0 Å². The summed E-state index contributed by atoms with van der Waals surface area (Å²) in [4.78, 5) is 16.7. The molecule has 0 aliphatic carbocycles. The Morgan fingerprint density at radius 1 is 1.21 bits per heavy atom. The van der Waals surface area contributed by atoms with Crippen LogP contribution in [0, 0.1) is 5.92 Å². The molecular weight excluding hydrogens is 240 g/mol. The summed E-state index contributed by atoms with van der Waals surface area (Å²) in [6.45, 7) is 2.93. The van der Waals surface area contributed by atoms with Gasteiger partial charge in [-0.3, -0.25) is 4.79 Å². The smallest absolute Gasteiger partial charge is 0.254 e. The highest BCUT2D eigenvalue weighted by molar-refractivity contribution is 5.96. The Morgan fingerprint density at radius 2 is 2.00 bits per heavy atom. The molecule has 2 aliphatic rings. The summed E-state index contributed by atoms with van der Waals surface area (Å²) in [5.41, 5.74) is 1.99. The number of likely N-dealkylation sites (N-methyl/N-ethyl adjacent to an activating group) is 1. The summed E-state index contributed by atoms with van der Waals surface area (Å²) in [7, 11) is 5.69. The van der Waals surface area contributed by atoms with Crippen molar-refractivity contribution < 1.29 is 9.53 Å². The van der Waals surface area contributed by atoms with Crippen LogP contribution >= 0.6 is 0 Å². The van der Waals surface area contributed by atoms with Gasteiger partial charge in [-0.25, -0.2) is 0 Å². The molecule has 4 heteroatoms. The molecule has 2 heterocycles. The number of rotatable bonds is 1. The molecule has 0 saturated carbocycles. The third kappa shape index (κ3) is 2.00. The van der Waals surface area contributed by atoms with Crippen molar-refractivity contribution >= 4 is 5.91 Å². The largest absolute Gasteiger partial charge is 0.497 e. The third-order valence-corrected chi connectivity index (χ3v) is 4.37. The van der Waals surface area contributed by atoms with Crippen LogP contribution in [0.5, 0.6) is 5.75 Å². The number of hydrogen-bond acceptors (Lipinski definition) is 3. The van der Waals surface area contributed by atoms with E-state index in [0.29, 0.717) is 11.8 Å². The van der Waals surface area contributed by atoms with E-state index in [2.05, 4.69) is 18.0 Å². The van der Waals surface area contributed by atoms with Crippen LogP contribution in [-0.2, 0) is 0 Å². The molecule has 3 rings (SSSR count). The second-order valence-electron chi connectivity index (χ2n) is 5.73. The number of hydrogen-bond donors (Lipinski definition) is 0. The van der Waals surface area contributed by atoms with E-state index in [1.165, 1.54) is 5.56 Å². The van der Waals surface area contributed by atoms with Gasteiger partial charge in [0.25, 0.3) is 5.91 Å². The van der Waals surface area contributed by atoms with E-state index in [4.69, 9.17) is 4.74 Å². The maximum atomic E-state index is 12.5. The molecule has 4 nitrogen and oxygen atoms in total. The van der Waals surface area contributed by atoms with Gasteiger partial charge in [0.05, 0.1) is 7.11 Å². The first kappa shape index (κ1) is 12.5. The summed E-state index contributed by atoms with van der Waals surface area (Å²) in [6.07, 6.45) is 0. The lowest BCUT2D eigenvalue weighted by Gasteiger charge is -2.19. The molecule has 1 amide bonds. The number of carbonyl (C=O) groups is 1. The Kier molecular flexibility index (Phi) is 2.97. The standard InChI is InChI=1S/C15H20N2O2/c1-16-7-10-8-17(2)15(18)13-6-11(19-3)4-5-12(13)14(10)9-16/h4-6,10,14H,7-9H2,1-3H3/t10-,14+/m1/s1. The molecule has 0 N–H and O–H groups in total. The summed E-state index contributed by atoms with van der Waals surface area (Å²) >= 11 is 0. The molecule has 1 aromatic carbocycles. The van der Waals surface area contributed by atoms with Crippen molar-refractivity contribution in [3.63, 3.8) is 0 Å².